The third-order valence-electron chi connectivity index (χ3n) is 2.14. The molecule has 1 N–H and O–H groups in total. The lowest BCUT2D eigenvalue weighted by Crippen LogP contribution is -2.07. The van der Waals surface area contributed by atoms with Crippen LogP contribution < -0.4 is 0 Å². The van der Waals surface area contributed by atoms with E-state index in [4.69, 9.17) is 10.7 Å². The van der Waals surface area contributed by atoms with Crippen LogP contribution in [-0.2, 0) is 15.6 Å². The van der Waals surface area contributed by atoms with E-state index in [1.165, 1.54) is 4.57 Å². The van der Waals surface area contributed by atoms with E-state index < -0.39 is 9.05 Å². The number of H-pyrrole nitrogens is 1. The maximum Gasteiger partial charge on any atom is 0.296 e. The predicted molar refractivity (Wildman–Crippen MR) is 60.9 cm³/mol. The molecule has 92 valence electrons. The molecule has 2 rings (SSSR count). The van der Waals surface area contributed by atoms with Crippen molar-refractivity contribution < 1.29 is 8.42 Å². The minimum atomic E-state index is -3.89. The molecule has 0 radical (unpaired) electrons. The summed E-state index contributed by atoms with van der Waals surface area (Å²) in [6, 6.07) is 0. The van der Waals surface area contributed by atoms with Crippen LogP contribution in [-0.4, -0.2) is 33.4 Å². The van der Waals surface area contributed by atoms with Crippen molar-refractivity contribution in [3.63, 3.8) is 0 Å². The lowest BCUT2D eigenvalue weighted by Gasteiger charge is -2.05. The Labute approximate surface area is 102 Å². The van der Waals surface area contributed by atoms with Crippen LogP contribution in [0.1, 0.15) is 13.3 Å². The number of nitrogens with zero attached hydrogens (tertiary/aromatic N) is 4. The molecule has 0 unspecified atom stereocenters. The minimum Gasteiger partial charge on any atom is -0.297 e. The summed E-state index contributed by atoms with van der Waals surface area (Å²) < 4.78 is 24.1. The van der Waals surface area contributed by atoms with Crippen molar-refractivity contribution in [2.75, 3.05) is 0 Å². The molecule has 0 fully saturated rings. The van der Waals surface area contributed by atoms with E-state index in [0.717, 1.165) is 6.42 Å². The Morgan fingerprint density at radius 2 is 2.24 bits per heavy atom. The molecule has 0 aromatic carbocycles. The van der Waals surface area contributed by atoms with Gasteiger partial charge in [0, 0.05) is 23.4 Å². The zero-order valence-electron chi connectivity index (χ0n) is 8.96. The highest BCUT2D eigenvalue weighted by Gasteiger charge is 2.23. The first kappa shape index (κ1) is 12.1. The van der Waals surface area contributed by atoms with Gasteiger partial charge in [-0.25, -0.2) is 8.42 Å². The van der Waals surface area contributed by atoms with Crippen molar-refractivity contribution in [3.05, 3.63) is 12.4 Å². The Bertz CT molecular complexity index is 604. The highest BCUT2D eigenvalue weighted by molar-refractivity contribution is 8.13. The molecule has 9 heteroatoms. The average Bonchev–Trinajstić information content (AvgIpc) is 2.82. The van der Waals surface area contributed by atoms with Gasteiger partial charge >= 0.3 is 0 Å². The van der Waals surface area contributed by atoms with Crippen molar-refractivity contribution in [1.82, 2.24) is 25.0 Å². The smallest absolute Gasteiger partial charge is 0.296 e. The lowest BCUT2D eigenvalue weighted by atomic mass is 10.3. The van der Waals surface area contributed by atoms with Gasteiger partial charge in [-0.1, -0.05) is 6.92 Å². The first-order valence-electron chi connectivity index (χ1n) is 4.91. The third-order valence-corrected chi connectivity index (χ3v) is 3.29. The van der Waals surface area contributed by atoms with Crippen LogP contribution >= 0.6 is 10.7 Å². The van der Waals surface area contributed by atoms with Crippen molar-refractivity contribution in [3.8, 4) is 11.4 Å². The number of hydrogen-bond acceptors (Lipinski definition) is 5. The SMILES string of the molecule is CCCn1c(-c2cn[nH]c2)nnc1S(=O)(=O)Cl. The van der Waals surface area contributed by atoms with Crippen molar-refractivity contribution in [2.45, 2.75) is 25.0 Å². The van der Waals surface area contributed by atoms with E-state index in [1.54, 1.807) is 12.4 Å². The first-order chi connectivity index (χ1) is 8.04. The molecule has 17 heavy (non-hydrogen) atoms. The Morgan fingerprint density at radius 1 is 1.47 bits per heavy atom. The fourth-order valence-corrected chi connectivity index (χ4v) is 2.40. The summed E-state index contributed by atoms with van der Waals surface area (Å²) in [6.45, 7) is 2.39. The molecule has 0 spiro atoms. The Hall–Kier alpha value is -1.41. The number of aromatic nitrogens is 5. The fraction of sp³-hybridized carbons (Fsp3) is 0.375. The normalized spacial score (nSPS) is 11.9. The molecule has 0 bridgehead atoms. The topological polar surface area (TPSA) is 93.5 Å². The van der Waals surface area contributed by atoms with Crippen molar-refractivity contribution >= 4 is 19.7 Å². The van der Waals surface area contributed by atoms with Crippen molar-refractivity contribution in [2.24, 2.45) is 0 Å². The summed E-state index contributed by atoms with van der Waals surface area (Å²) in [6.07, 6.45) is 3.89. The highest BCUT2D eigenvalue weighted by atomic mass is 35.7. The lowest BCUT2D eigenvalue weighted by molar-refractivity contribution is 0.570. The first-order valence-corrected chi connectivity index (χ1v) is 7.22. The average molecular weight is 276 g/mol. The van der Waals surface area contributed by atoms with Gasteiger partial charge in [-0.2, -0.15) is 5.10 Å². The van der Waals surface area contributed by atoms with Gasteiger partial charge in [-0.3, -0.25) is 9.67 Å². The summed E-state index contributed by atoms with van der Waals surface area (Å²) in [5.41, 5.74) is 0.664. The van der Waals surface area contributed by atoms with Crippen LogP contribution in [0.4, 0.5) is 0 Å². The molecule has 0 aliphatic carbocycles. The van der Waals surface area contributed by atoms with E-state index in [-0.39, 0.29) is 5.16 Å². The number of aromatic amines is 1. The van der Waals surface area contributed by atoms with Crippen molar-refractivity contribution in [1.29, 1.82) is 0 Å². The zero-order chi connectivity index (χ0) is 12.5. The van der Waals surface area contributed by atoms with E-state index in [2.05, 4.69) is 20.4 Å². The van der Waals surface area contributed by atoms with Crippen LogP contribution in [0.2, 0.25) is 0 Å². The van der Waals surface area contributed by atoms with Gasteiger partial charge in [0.25, 0.3) is 14.2 Å². The Kier molecular flexibility index (Phi) is 3.16. The van der Waals surface area contributed by atoms with Gasteiger partial charge < -0.3 is 0 Å². The van der Waals surface area contributed by atoms with Gasteiger partial charge in [0.05, 0.1) is 11.8 Å². The van der Waals surface area contributed by atoms with Gasteiger partial charge in [-0.05, 0) is 6.42 Å². The van der Waals surface area contributed by atoms with E-state index in [0.29, 0.717) is 17.9 Å². The molecule has 7 nitrogen and oxygen atoms in total. The molecule has 0 saturated carbocycles. The van der Waals surface area contributed by atoms with Gasteiger partial charge in [0.15, 0.2) is 5.82 Å². The van der Waals surface area contributed by atoms with Crippen LogP contribution in [0.5, 0.6) is 0 Å². The quantitative estimate of drug-likeness (QED) is 0.840. The van der Waals surface area contributed by atoms with E-state index in [1.807, 2.05) is 6.92 Å². The van der Waals surface area contributed by atoms with Crippen LogP contribution in [0.15, 0.2) is 17.6 Å². The molecular formula is C8H10ClN5O2S. The van der Waals surface area contributed by atoms with Crippen LogP contribution in [0.3, 0.4) is 0 Å². The summed E-state index contributed by atoms with van der Waals surface area (Å²) in [7, 11) is 1.40. The van der Waals surface area contributed by atoms with Gasteiger partial charge in [0.1, 0.15) is 0 Å². The van der Waals surface area contributed by atoms with Crippen LogP contribution in [0.25, 0.3) is 11.4 Å². The molecule has 2 aromatic rings. The second kappa shape index (κ2) is 4.46. The Balaban J connectivity index is 2.59. The summed E-state index contributed by atoms with van der Waals surface area (Å²) in [5, 5.41) is 13.6. The zero-order valence-corrected chi connectivity index (χ0v) is 10.5. The van der Waals surface area contributed by atoms with Gasteiger partial charge in [-0.15, -0.1) is 10.2 Å². The molecule has 2 heterocycles. The van der Waals surface area contributed by atoms with E-state index in [9.17, 15) is 8.42 Å². The number of rotatable bonds is 4. The number of hydrogen-bond donors (Lipinski definition) is 1. The maximum atomic E-state index is 11.3. The summed E-state index contributed by atoms with van der Waals surface area (Å²) in [4.78, 5) is 0. The standard InChI is InChI=1S/C8H10ClN5O2S/c1-2-3-14-7(6-4-10-11-5-6)12-13-8(14)17(9,15)16/h4-5H,2-3H2,1H3,(H,10,11). The molecule has 0 aliphatic rings. The molecule has 2 aromatic heterocycles. The number of halogens is 1. The molecule has 0 amide bonds. The second-order valence-electron chi connectivity index (χ2n) is 3.38. The largest absolute Gasteiger partial charge is 0.297 e. The second-order valence-corrected chi connectivity index (χ2v) is 5.84. The van der Waals surface area contributed by atoms with E-state index >= 15 is 0 Å². The Morgan fingerprint density at radius 3 is 2.76 bits per heavy atom. The summed E-state index contributed by atoms with van der Waals surface area (Å²) >= 11 is 0. The molecular weight excluding hydrogens is 266 g/mol. The predicted octanol–water partition coefficient (Wildman–Crippen LogP) is 1.01. The third kappa shape index (κ3) is 2.32. The monoisotopic (exact) mass is 275 g/mol. The van der Waals surface area contributed by atoms with Crippen LogP contribution in [0, 0.1) is 0 Å². The van der Waals surface area contributed by atoms with Gasteiger partial charge in [0.2, 0.25) is 0 Å². The maximum absolute atomic E-state index is 11.3. The number of nitrogens with one attached hydrogen (secondary N) is 1. The molecule has 0 aliphatic heterocycles. The molecule has 0 saturated heterocycles. The summed E-state index contributed by atoms with van der Waals surface area (Å²) in [5.74, 6) is 0.430. The minimum absolute atomic E-state index is 0.239. The highest BCUT2D eigenvalue weighted by Crippen LogP contribution is 2.21. The molecule has 0 atom stereocenters. The fourth-order valence-electron chi connectivity index (χ4n) is 1.48.